The standard InChI is InChI=1S/C22H19ClF2N2O5/c1-12-10-18(13(2)26(12)15-4-7-17(8-5-15)32-22(24)25)21(28)14(3)31-20-9-6-16(27(29)30)11-19(20)23/h4-11,14,22H,1-3H3. The van der Waals surface area contributed by atoms with Crippen LogP contribution in [0.4, 0.5) is 14.5 Å². The molecule has 0 aliphatic heterocycles. The number of nitro benzene ring substituents is 1. The summed E-state index contributed by atoms with van der Waals surface area (Å²) in [6.07, 6.45) is -0.912. The van der Waals surface area contributed by atoms with E-state index in [2.05, 4.69) is 4.74 Å². The molecule has 0 amide bonds. The van der Waals surface area contributed by atoms with Crippen LogP contribution in [0.3, 0.4) is 0 Å². The zero-order chi connectivity index (χ0) is 23.6. The summed E-state index contributed by atoms with van der Waals surface area (Å²) in [4.78, 5) is 23.3. The van der Waals surface area contributed by atoms with Crippen molar-refractivity contribution in [3.8, 4) is 17.2 Å². The van der Waals surface area contributed by atoms with Crippen LogP contribution >= 0.6 is 11.6 Å². The first-order valence-corrected chi connectivity index (χ1v) is 9.85. The number of aromatic nitrogens is 1. The van der Waals surface area contributed by atoms with E-state index in [1.165, 1.54) is 24.3 Å². The van der Waals surface area contributed by atoms with E-state index in [1.54, 1.807) is 32.0 Å². The van der Waals surface area contributed by atoms with Gasteiger partial charge in [-0.05, 0) is 57.2 Å². The number of nitrogens with zero attached hydrogens (tertiary/aromatic N) is 2. The van der Waals surface area contributed by atoms with Gasteiger partial charge < -0.3 is 14.0 Å². The summed E-state index contributed by atoms with van der Waals surface area (Å²) in [5.74, 6) is -0.123. The molecule has 1 heterocycles. The van der Waals surface area contributed by atoms with Crippen LogP contribution in [-0.4, -0.2) is 28.0 Å². The fourth-order valence-electron chi connectivity index (χ4n) is 3.35. The van der Waals surface area contributed by atoms with Crippen LogP contribution in [-0.2, 0) is 0 Å². The molecule has 0 N–H and O–H groups in total. The molecule has 0 aliphatic carbocycles. The lowest BCUT2D eigenvalue weighted by Crippen LogP contribution is -2.24. The Morgan fingerprint density at radius 1 is 1.09 bits per heavy atom. The van der Waals surface area contributed by atoms with Crippen molar-refractivity contribution in [2.24, 2.45) is 0 Å². The second-order valence-electron chi connectivity index (χ2n) is 6.99. The molecule has 1 atom stereocenters. The lowest BCUT2D eigenvalue weighted by Gasteiger charge is -2.15. The molecule has 0 saturated heterocycles. The fraction of sp³-hybridized carbons (Fsp3) is 0.227. The molecule has 10 heteroatoms. The predicted molar refractivity (Wildman–Crippen MR) is 114 cm³/mol. The first-order chi connectivity index (χ1) is 15.1. The molecule has 7 nitrogen and oxygen atoms in total. The van der Waals surface area contributed by atoms with Gasteiger partial charge in [0.15, 0.2) is 6.10 Å². The highest BCUT2D eigenvalue weighted by atomic mass is 35.5. The Hall–Kier alpha value is -3.46. The van der Waals surface area contributed by atoms with E-state index < -0.39 is 17.6 Å². The minimum Gasteiger partial charge on any atom is -0.481 e. The van der Waals surface area contributed by atoms with E-state index in [9.17, 15) is 23.7 Å². The monoisotopic (exact) mass is 464 g/mol. The van der Waals surface area contributed by atoms with Crippen LogP contribution in [0.1, 0.15) is 28.7 Å². The van der Waals surface area contributed by atoms with Gasteiger partial charge in [0.2, 0.25) is 5.78 Å². The number of benzene rings is 2. The van der Waals surface area contributed by atoms with Crippen LogP contribution in [0, 0.1) is 24.0 Å². The largest absolute Gasteiger partial charge is 0.481 e. The van der Waals surface area contributed by atoms with Crippen molar-refractivity contribution in [1.29, 1.82) is 0 Å². The lowest BCUT2D eigenvalue weighted by atomic mass is 10.1. The average Bonchev–Trinajstić information content (AvgIpc) is 3.03. The summed E-state index contributed by atoms with van der Waals surface area (Å²) in [7, 11) is 0. The number of ether oxygens (including phenoxy) is 2. The summed E-state index contributed by atoms with van der Waals surface area (Å²) >= 11 is 6.05. The molecule has 3 rings (SSSR count). The maximum Gasteiger partial charge on any atom is 0.387 e. The van der Waals surface area contributed by atoms with E-state index in [-0.39, 0.29) is 28.0 Å². The predicted octanol–water partition coefficient (Wildman–Crippen LogP) is 5.91. The van der Waals surface area contributed by atoms with Crippen molar-refractivity contribution in [3.63, 3.8) is 0 Å². The number of halogens is 3. The van der Waals surface area contributed by atoms with Gasteiger partial charge in [-0.25, -0.2) is 0 Å². The quantitative estimate of drug-likeness (QED) is 0.235. The molecular weight excluding hydrogens is 446 g/mol. The molecule has 3 aromatic rings. The van der Waals surface area contributed by atoms with Gasteiger partial charge >= 0.3 is 6.61 Å². The van der Waals surface area contributed by atoms with E-state index in [1.807, 2.05) is 11.5 Å². The van der Waals surface area contributed by atoms with Crippen LogP contribution < -0.4 is 9.47 Å². The third kappa shape index (κ3) is 4.88. The minimum absolute atomic E-state index is 0.0235. The zero-order valence-corrected chi connectivity index (χ0v) is 18.1. The van der Waals surface area contributed by atoms with E-state index in [0.29, 0.717) is 16.9 Å². The van der Waals surface area contributed by atoms with Gasteiger partial charge in [-0.2, -0.15) is 8.78 Å². The van der Waals surface area contributed by atoms with E-state index in [4.69, 9.17) is 16.3 Å². The summed E-state index contributed by atoms with van der Waals surface area (Å²) < 4.78 is 36.6. The molecule has 1 unspecified atom stereocenters. The normalized spacial score (nSPS) is 12.0. The Labute approximate surface area is 187 Å². The highest BCUT2D eigenvalue weighted by molar-refractivity contribution is 6.32. The summed E-state index contributed by atoms with van der Waals surface area (Å²) in [5, 5.41) is 10.9. The Bertz CT molecular complexity index is 1160. The number of rotatable bonds is 8. The van der Waals surface area contributed by atoms with Crippen molar-refractivity contribution in [2.45, 2.75) is 33.5 Å². The molecule has 32 heavy (non-hydrogen) atoms. The lowest BCUT2D eigenvalue weighted by molar-refractivity contribution is -0.384. The van der Waals surface area contributed by atoms with E-state index >= 15 is 0 Å². The average molecular weight is 465 g/mol. The number of carbonyl (C=O) groups is 1. The van der Waals surface area contributed by atoms with Crippen molar-refractivity contribution in [1.82, 2.24) is 4.57 Å². The van der Waals surface area contributed by atoms with Gasteiger partial charge in [0.25, 0.3) is 5.69 Å². The highest BCUT2D eigenvalue weighted by Gasteiger charge is 2.24. The highest BCUT2D eigenvalue weighted by Crippen LogP contribution is 2.30. The van der Waals surface area contributed by atoms with Gasteiger partial charge in [-0.3, -0.25) is 14.9 Å². The van der Waals surface area contributed by atoms with Gasteiger partial charge in [-0.1, -0.05) is 11.6 Å². The molecule has 0 spiro atoms. The van der Waals surface area contributed by atoms with Crippen molar-refractivity contribution in [3.05, 3.63) is 80.6 Å². The molecule has 2 aromatic carbocycles. The number of non-ortho nitro benzene ring substituents is 1. The number of carbonyl (C=O) groups excluding carboxylic acids is 1. The topological polar surface area (TPSA) is 83.6 Å². The first-order valence-electron chi connectivity index (χ1n) is 9.47. The number of ketones is 1. The van der Waals surface area contributed by atoms with Crippen LogP contribution in [0.2, 0.25) is 5.02 Å². The first kappa shape index (κ1) is 23.2. The van der Waals surface area contributed by atoms with E-state index in [0.717, 1.165) is 11.8 Å². The molecule has 0 radical (unpaired) electrons. The number of alkyl halides is 2. The minimum atomic E-state index is -2.91. The van der Waals surface area contributed by atoms with Gasteiger partial charge in [0.1, 0.15) is 11.5 Å². The smallest absolute Gasteiger partial charge is 0.387 e. The Morgan fingerprint density at radius 2 is 1.75 bits per heavy atom. The number of hydrogen-bond acceptors (Lipinski definition) is 5. The second-order valence-corrected chi connectivity index (χ2v) is 7.40. The Balaban J connectivity index is 1.83. The molecule has 0 aliphatic rings. The van der Waals surface area contributed by atoms with Crippen molar-refractivity contribution in [2.75, 3.05) is 0 Å². The van der Waals surface area contributed by atoms with Crippen LogP contribution in [0.5, 0.6) is 11.5 Å². The summed E-state index contributed by atoms with van der Waals surface area (Å²) in [6.45, 7) is 2.22. The number of hydrogen-bond donors (Lipinski definition) is 0. The zero-order valence-electron chi connectivity index (χ0n) is 17.3. The van der Waals surface area contributed by atoms with Gasteiger partial charge in [-0.15, -0.1) is 0 Å². The number of Topliss-reactive ketones (excluding diaryl/α,β-unsaturated/α-hetero) is 1. The molecule has 0 saturated carbocycles. The molecule has 0 fully saturated rings. The molecule has 1 aromatic heterocycles. The molecule has 0 bridgehead atoms. The maximum absolute atomic E-state index is 13.0. The molecule has 168 valence electrons. The van der Waals surface area contributed by atoms with Crippen LogP contribution in [0.15, 0.2) is 48.5 Å². The van der Waals surface area contributed by atoms with Gasteiger partial charge in [0, 0.05) is 34.8 Å². The van der Waals surface area contributed by atoms with Crippen molar-refractivity contribution < 1.29 is 28.0 Å². The number of aryl methyl sites for hydroxylation is 1. The Morgan fingerprint density at radius 3 is 2.31 bits per heavy atom. The Kier molecular flexibility index (Phi) is 6.78. The maximum atomic E-state index is 13.0. The fourth-order valence-corrected chi connectivity index (χ4v) is 3.57. The van der Waals surface area contributed by atoms with Crippen LogP contribution in [0.25, 0.3) is 5.69 Å². The third-order valence-electron chi connectivity index (χ3n) is 4.82. The van der Waals surface area contributed by atoms with Gasteiger partial charge in [0.05, 0.1) is 9.95 Å². The summed E-state index contributed by atoms with van der Waals surface area (Å²) in [6, 6.07) is 11.5. The SMILES string of the molecule is Cc1cc(C(=O)C(C)Oc2ccc([N+](=O)[O-])cc2Cl)c(C)n1-c1ccc(OC(F)F)cc1. The molecular formula is C22H19ClF2N2O5. The van der Waals surface area contributed by atoms with Crippen molar-refractivity contribution >= 4 is 23.1 Å². The summed E-state index contributed by atoms with van der Waals surface area (Å²) in [5.41, 5.74) is 2.30. The second kappa shape index (κ2) is 9.35. The number of nitro groups is 1. The third-order valence-corrected chi connectivity index (χ3v) is 5.11.